The molecule has 0 unspecified atom stereocenters. The van der Waals surface area contributed by atoms with Crippen molar-refractivity contribution in [2.45, 2.75) is 38.6 Å². The Balaban J connectivity index is 2.57. The molecule has 5 heteroatoms. The lowest BCUT2D eigenvalue weighted by Gasteiger charge is -2.32. The van der Waals surface area contributed by atoms with E-state index in [4.69, 9.17) is 9.84 Å². The number of likely N-dealkylation sites (N-methyl/N-ethyl adjacent to an activating group) is 1. The van der Waals surface area contributed by atoms with Gasteiger partial charge in [0.25, 0.3) is 0 Å². The van der Waals surface area contributed by atoms with Crippen LogP contribution in [0.2, 0.25) is 0 Å². The highest BCUT2D eigenvalue weighted by molar-refractivity contribution is 5.80. The lowest BCUT2D eigenvalue weighted by atomic mass is 9.80. The summed E-state index contributed by atoms with van der Waals surface area (Å²) in [4.78, 5) is 24.9. The maximum Gasteiger partial charge on any atom is 0.306 e. The van der Waals surface area contributed by atoms with Crippen molar-refractivity contribution < 1.29 is 19.4 Å². The number of carbonyl (C=O) groups excluding carboxylic acids is 1. The molecule has 0 aromatic carbocycles. The van der Waals surface area contributed by atoms with E-state index in [1.54, 1.807) is 19.1 Å². The van der Waals surface area contributed by atoms with E-state index in [-0.39, 0.29) is 23.8 Å². The highest BCUT2D eigenvalue weighted by Crippen LogP contribution is 2.30. The van der Waals surface area contributed by atoms with Crippen LogP contribution in [0.1, 0.15) is 32.6 Å². The molecular weight excluding hydrogens is 234 g/mol. The first kappa shape index (κ1) is 15.0. The van der Waals surface area contributed by atoms with Crippen LogP contribution in [0.15, 0.2) is 0 Å². The summed E-state index contributed by atoms with van der Waals surface area (Å²) in [5.41, 5.74) is 0. The molecule has 0 aliphatic heterocycles. The minimum atomic E-state index is -0.778. The first-order valence-corrected chi connectivity index (χ1v) is 6.45. The van der Waals surface area contributed by atoms with Gasteiger partial charge >= 0.3 is 5.97 Å². The van der Waals surface area contributed by atoms with Gasteiger partial charge in [0.1, 0.15) is 0 Å². The third kappa shape index (κ3) is 3.70. The van der Waals surface area contributed by atoms with Crippen LogP contribution in [0.25, 0.3) is 0 Å². The molecule has 1 rings (SSSR count). The smallest absolute Gasteiger partial charge is 0.306 e. The second kappa shape index (κ2) is 6.73. The topological polar surface area (TPSA) is 66.8 Å². The predicted octanol–water partition coefficient (Wildman–Crippen LogP) is 1.37. The van der Waals surface area contributed by atoms with Crippen LogP contribution < -0.4 is 0 Å². The molecule has 18 heavy (non-hydrogen) atoms. The molecule has 1 aliphatic carbocycles. The summed E-state index contributed by atoms with van der Waals surface area (Å²) in [6.07, 6.45) is 2.78. The largest absolute Gasteiger partial charge is 0.481 e. The van der Waals surface area contributed by atoms with E-state index in [9.17, 15) is 9.59 Å². The number of hydrogen-bond donors (Lipinski definition) is 1. The van der Waals surface area contributed by atoms with Gasteiger partial charge in [0, 0.05) is 20.1 Å². The molecule has 0 aromatic rings. The van der Waals surface area contributed by atoms with Crippen LogP contribution in [0.4, 0.5) is 0 Å². The molecule has 0 radical (unpaired) electrons. The quantitative estimate of drug-likeness (QED) is 0.807. The summed E-state index contributed by atoms with van der Waals surface area (Å²) in [6, 6.07) is 0.0210. The summed E-state index contributed by atoms with van der Waals surface area (Å²) in [6.45, 7) is 2.43. The van der Waals surface area contributed by atoms with Gasteiger partial charge in [-0.25, -0.2) is 0 Å². The van der Waals surface area contributed by atoms with Gasteiger partial charge in [-0.05, 0) is 26.2 Å². The average Bonchev–Trinajstić information content (AvgIpc) is 2.37. The van der Waals surface area contributed by atoms with Crippen LogP contribution in [-0.2, 0) is 14.3 Å². The summed E-state index contributed by atoms with van der Waals surface area (Å²) in [5, 5.41) is 9.02. The molecule has 104 valence electrons. The number of nitrogens with zero attached hydrogens (tertiary/aromatic N) is 1. The van der Waals surface area contributed by atoms with Gasteiger partial charge < -0.3 is 14.7 Å². The second-order valence-electron chi connectivity index (χ2n) is 5.15. The van der Waals surface area contributed by atoms with Gasteiger partial charge in [-0.15, -0.1) is 0 Å². The third-order valence-corrected chi connectivity index (χ3v) is 3.79. The van der Waals surface area contributed by atoms with E-state index >= 15 is 0 Å². The summed E-state index contributed by atoms with van der Waals surface area (Å²) in [5.74, 6) is -1.24. The zero-order chi connectivity index (χ0) is 13.7. The maximum atomic E-state index is 12.3. The van der Waals surface area contributed by atoms with Crippen molar-refractivity contribution in [2.24, 2.45) is 11.8 Å². The van der Waals surface area contributed by atoms with Crippen LogP contribution in [-0.4, -0.2) is 48.7 Å². The monoisotopic (exact) mass is 257 g/mol. The van der Waals surface area contributed by atoms with Gasteiger partial charge in [0.05, 0.1) is 18.6 Å². The number of ether oxygens (including phenoxy) is 1. The van der Waals surface area contributed by atoms with E-state index in [1.807, 2.05) is 6.92 Å². The Labute approximate surface area is 108 Å². The maximum absolute atomic E-state index is 12.3. The number of carboxylic acid groups (broad SMARTS) is 1. The highest BCUT2D eigenvalue weighted by Gasteiger charge is 2.33. The number of rotatable bonds is 5. The van der Waals surface area contributed by atoms with Crippen LogP contribution in [0.3, 0.4) is 0 Å². The SMILES string of the molecule is COC[C@H](C)N(C)C(=O)[C@@H]1CCC[C@@H](C(=O)O)C1. The van der Waals surface area contributed by atoms with Crippen molar-refractivity contribution in [1.29, 1.82) is 0 Å². The summed E-state index contributed by atoms with van der Waals surface area (Å²) < 4.78 is 5.03. The van der Waals surface area contributed by atoms with E-state index in [1.165, 1.54) is 0 Å². The number of carboxylic acids is 1. The molecule has 3 atom stereocenters. The Bertz CT molecular complexity index is 305. The molecule has 1 fully saturated rings. The zero-order valence-electron chi connectivity index (χ0n) is 11.4. The Morgan fingerprint density at radius 1 is 1.39 bits per heavy atom. The Kier molecular flexibility index (Phi) is 5.59. The fourth-order valence-corrected chi connectivity index (χ4v) is 2.50. The molecule has 1 amide bonds. The first-order chi connectivity index (χ1) is 8.47. The minimum absolute atomic E-state index is 0.0210. The summed E-state index contributed by atoms with van der Waals surface area (Å²) in [7, 11) is 3.37. The molecule has 1 aliphatic rings. The van der Waals surface area contributed by atoms with Gasteiger partial charge in [0.2, 0.25) is 5.91 Å². The Morgan fingerprint density at radius 2 is 2.00 bits per heavy atom. The predicted molar refractivity (Wildman–Crippen MR) is 67.2 cm³/mol. The minimum Gasteiger partial charge on any atom is -0.481 e. The van der Waals surface area contributed by atoms with Crippen LogP contribution in [0, 0.1) is 11.8 Å². The van der Waals surface area contributed by atoms with E-state index < -0.39 is 5.97 Å². The van der Waals surface area contributed by atoms with Gasteiger partial charge in [-0.2, -0.15) is 0 Å². The molecule has 5 nitrogen and oxygen atoms in total. The molecule has 0 heterocycles. The molecule has 0 saturated heterocycles. The fraction of sp³-hybridized carbons (Fsp3) is 0.846. The lowest BCUT2D eigenvalue weighted by molar-refractivity contribution is -0.145. The van der Waals surface area contributed by atoms with Crippen molar-refractivity contribution in [2.75, 3.05) is 20.8 Å². The number of carbonyl (C=O) groups is 2. The number of hydrogen-bond acceptors (Lipinski definition) is 3. The molecule has 0 spiro atoms. The van der Waals surface area contributed by atoms with E-state index in [2.05, 4.69) is 0 Å². The lowest BCUT2D eigenvalue weighted by Crippen LogP contribution is -2.43. The Morgan fingerprint density at radius 3 is 2.56 bits per heavy atom. The standard InChI is InChI=1S/C13H23NO4/c1-9(8-18-3)14(2)12(15)10-5-4-6-11(7-10)13(16)17/h9-11H,4-8H2,1-3H3,(H,16,17)/t9-,10+,11+/m0/s1. The number of aliphatic carboxylic acids is 1. The second-order valence-corrected chi connectivity index (χ2v) is 5.15. The van der Waals surface area contributed by atoms with Crippen molar-refractivity contribution in [3.8, 4) is 0 Å². The zero-order valence-corrected chi connectivity index (χ0v) is 11.4. The van der Waals surface area contributed by atoms with E-state index in [0.717, 1.165) is 12.8 Å². The van der Waals surface area contributed by atoms with Crippen molar-refractivity contribution in [3.63, 3.8) is 0 Å². The highest BCUT2D eigenvalue weighted by atomic mass is 16.5. The van der Waals surface area contributed by atoms with Gasteiger partial charge in [-0.3, -0.25) is 9.59 Å². The molecule has 1 N–H and O–H groups in total. The molecular formula is C13H23NO4. The number of methoxy groups -OCH3 is 1. The van der Waals surface area contributed by atoms with Crippen molar-refractivity contribution in [1.82, 2.24) is 4.90 Å². The van der Waals surface area contributed by atoms with Crippen LogP contribution in [0.5, 0.6) is 0 Å². The van der Waals surface area contributed by atoms with Crippen molar-refractivity contribution in [3.05, 3.63) is 0 Å². The molecule has 1 saturated carbocycles. The third-order valence-electron chi connectivity index (χ3n) is 3.79. The van der Waals surface area contributed by atoms with E-state index in [0.29, 0.717) is 19.4 Å². The average molecular weight is 257 g/mol. The summed E-state index contributed by atoms with van der Waals surface area (Å²) >= 11 is 0. The fourth-order valence-electron chi connectivity index (χ4n) is 2.50. The molecule has 0 bridgehead atoms. The molecule has 0 aromatic heterocycles. The van der Waals surface area contributed by atoms with Crippen molar-refractivity contribution >= 4 is 11.9 Å². The number of amides is 1. The van der Waals surface area contributed by atoms with Gasteiger partial charge in [0.15, 0.2) is 0 Å². The normalized spacial score (nSPS) is 25.5. The Hall–Kier alpha value is -1.10. The first-order valence-electron chi connectivity index (χ1n) is 6.45. The van der Waals surface area contributed by atoms with Gasteiger partial charge in [-0.1, -0.05) is 6.42 Å². The van der Waals surface area contributed by atoms with Crippen LogP contribution >= 0.6 is 0 Å².